The third-order valence-electron chi connectivity index (χ3n) is 2.08. The molecule has 1 fully saturated rings. The van der Waals surface area contributed by atoms with Gasteiger partial charge < -0.3 is 29.9 Å². The lowest BCUT2D eigenvalue weighted by Crippen LogP contribution is -2.58. The van der Waals surface area contributed by atoms with Crippen molar-refractivity contribution in [1.82, 2.24) is 0 Å². The van der Waals surface area contributed by atoms with Crippen molar-refractivity contribution in [3.8, 4) is 0 Å². The molecule has 78 valence electrons. The summed E-state index contributed by atoms with van der Waals surface area (Å²) in [5.41, 5.74) is 0. The normalized spacial score (nSPS) is 46.4. The number of aliphatic hydroxyl groups is 4. The van der Waals surface area contributed by atoms with Crippen LogP contribution in [0.1, 0.15) is 0 Å². The van der Waals surface area contributed by atoms with E-state index in [1.165, 1.54) is 7.11 Å². The van der Waals surface area contributed by atoms with E-state index >= 15 is 0 Å². The first kappa shape index (κ1) is 10.8. The summed E-state index contributed by atoms with van der Waals surface area (Å²) in [6, 6.07) is 0. The Morgan fingerprint density at radius 2 is 1.77 bits per heavy atom. The van der Waals surface area contributed by atoms with Crippen molar-refractivity contribution in [3.63, 3.8) is 0 Å². The van der Waals surface area contributed by atoms with Crippen LogP contribution in [0.3, 0.4) is 0 Å². The van der Waals surface area contributed by atoms with Crippen LogP contribution in [0.15, 0.2) is 0 Å². The van der Waals surface area contributed by atoms with Crippen molar-refractivity contribution in [1.29, 1.82) is 0 Å². The van der Waals surface area contributed by atoms with Gasteiger partial charge in [-0.25, -0.2) is 0 Å². The summed E-state index contributed by atoms with van der Waals surface area (Å²) in [4.78, 5) is 0. The van der Waals surface area contributed by atoms with Crippen LogP contribution >= 0.6 is 0 Å². The lowest BCUT2D eigenvalue weighted by Gasteiger charge is -2.38. The molecule has 4 N–H and O–H groups in total. The molecule has 5 atom stereocenters. The molecule has 1 heterocycles. The minimum atomic E-state index is -1.36. The van der Waals surface area contributed by atoms with Gasteiger partial charge in [-0.1, -0.05) is 0 Å². The van der Waals surface area contributed by atoms with Crippen molar-refractivity contribution in [2.75, 3.05) is 13.7 Å². The van der Waals surface area contributed by atoms with Crippen LogP contribution in [0.25, 0.3) is 0 Å². The lowest BCUT2D eigenvalue weighted by atomic mass is 10.0. The summed E-state index contributed by atoms with van der Waals surface area (Å²) in [5, 5.41) is 36.6. The van der Waals surface area contributed by atoms with Gasteiger partial charge in [0.15, 0.2) is 6.29 Å². The number of ether oxygens (including phenoxy) is 2. The molecule has 0 bridgehead atoms. The topological polar surface area (TPSA) is 99.4 Å². The van der Waals surface area contributed by atoms with E-state index in [0.29, 0.717) is 0 Å². The fourth-order valence-electron chi connectivity index (χ4n) is 1.26. The largest absolute Gasteiger partial charge is 0.394 e. The van der Waals surface area contributed by atoms with Crippen LogP contribution in [-0.4, -0.2) is 64.8 Å². The van der Waals surface area contributed by atoms with E-state index in [-0.39, 0.29) is 0 Å². The molecule has 0 saturated carbocycles. The van der Waals surface area contributed by atoms with Crippen molar-refractivity contribution < 1.29 is 29.9 Å². The van der Waals surface area contributed by atoms with Crippen LogP contribution in [0.2, 0.25) is 0 Å². The minimum Gasteiger partial charge on any atom is -0.394 e. The second kappa shape index (κ2) is 4.32. The van der Waals surface area contributed by atoms with Crippen LogP contribution < -0.4 is 0 Å². The molecule has 1 aliphatic heterocycles. The molecule has 1 aliphatic rings. The second-order valence-corrected chi connectivity index (χ2v) is 2.93. The third-order valence-corrected chi connectivity index (χ3v) is 2.08. The molecule has 6 heteroatoms. The van der Waals surface area contributed by atoms with Crippen LogP contribution in [0.5, 0.6) is 0 Å². The Balaban J connectivity index is 2.66. The van der Waals surface area contributed by atoms with Gasteiger partial charge in [0.25, 0.3) is 0 Å². The number of aliphatic hydroxyl groups excluding tert-OH is 4. The second-order valence-electron chi connectivity index (χ2n) is 2.93. The smallest absolute Gasteiger partial charge is 0.186 e. The highest BCUT2D eigenvalue weighted by molar-refractivity contribution is 4.88. The molecule has 0 aromatic heterocycles. The van der Waals surface area contributed by atoms with E-state index in [1.807, 2.05) is 0 Å². The molecule has 0 aromatic carbocycles. The fourth-order valence-corrected chi connectivity index (χ4v) is 1.26. The Hall–Kier alpha value is -0.240. The number of hydrogen-bond acceptors (Lipinski definition) is 6. The minimum absolute atomic E-state index is 0.440. The summed E-state index contributed by atoms with van der Waals surface area (Å²) in [5.74, 6) is 0. The molecule has 6 nitrogen and oxygen atoms in total. The van der Waals surface area contributed by atoms with Crippen LogP contribution in [0.4, 0.5) is 0 Å². The fraction of sp³-hybridized carbons (Fsp3) is 1.00. The van der Waals surface area contributed by atoms with Gasteiger partial charge in [0.05, 0.1) is 6.61 Å². The van der Waals surface area contributed by atoms with E-state index < -0.39 is 37.3 Å². The third kappa shape index (κ3) is 1.98. The van der Waals surface area contributed by atoms with Gasteiger partial charge in [-0.15, -0.1) is 0 Å². The van der Waals surface area contributed by atoms with Gasteiger partial charge in [-0.2, -0.15) is 0 Å². The Labute approximate surface area is 75.3 Å². The van der Waals surface area contributed by atoms with E-state index in [1.54, 1.807) is 0 Å². The highest BCUT2D eigenvalue weighted by atomic mass is 16.8. The van der Waals surface area contributed by atoms with Crippen molar-refractivity contribution in [2.45, 2.75) is 30.7 Å². The van der Waals surface area contributed by atoms with Crippen molar-refractivity contribution in [2.24, 2.45) is 0 Å². The Morgan fingerprint density at radius 1 is 1.15 bits per heavy atom. The van der Waals surface area contributed by atoms with Gasteiger partial charge in [0.2, 0.25) is 0 Å². The van der Waals surface area contributed by atoms with Crippen molar-refractivity contribution in [3.05, 3.63) is 0 Å². The molecule has 13 heavy (non-hydrogen) atoms. The van der Waals surface area contributed by atoms with Crippen LogP contribution in [0, 0.1) is 0 Å². The molecule has 1 unspecified atom stereocenters. The first-order valence-electron chi connectivity index (χ1n) is 3.95. The van der Waals surface area contributed by atoms with Gasteiger partial charge in [-0.3, -0.25) is 0 Å². The van der Waals surface area contributed by atoms with Gasteiger partial charge in [-0.05, 0) is 0 Å². The summed E-state index contributed by atoms with van der Waals surface area (Å²) in [7, 11) is 1.30. The monoisotopic (exact) mass is 195 g/mol. The van der Waals surface area contributed by atoms with Crippen LogP contribution in [-0.2, 0) is 9.47 Å². The van der Waals surface area contributed by atoms with Gasteiger partial charge in [0, 0.05) is 7.11 Å². The van der Waals surface area contributed by atoms with Crippen molar-refractivity contribution >= 4 is 0 Å². The number of methoxy groups -OCH3 is 1. The molecule has 1 rings (SSSR count). The maximum Gasteiger partial charge on any atom is 0.186 e. The average molecular weight is 195 g/mol. The predicted octanol–water partition coefficient (Wildman–Crippen LogP) is -2.57. The summed E-state index contributed by atoms with van der Waals surface area (Å²) >= 11 is 0. The molecule has 0 spiro atoms. The van der Waals surface area contributed by atoms with E-state index in [9.17, 15) is 15.3 Å². The molecule has 1 saturated heterocycles. The zero-order valence-electron chi connectivity index (χ0n) is 7.20. The highest BCUT2D eigenvalue weighted by Gasteiger charge is 2.43. The SMILES string of the molecule is CO[13CH]1O[C@H](CO)[C@@H](O)[C@H](O)[C@H]1O. The first-order chi connectivity index (χ1) is 6.11. The van der Waals surface area contributed by atoms with Gasteiger partial charge in [0.1, 0.15) is 24.4 Å². The lowest BCUT2D eigenvalue weighted by molar-refractivity contribution is -0.294. The summed E-state index contributed by atoms with van der Waals surface area (Å²) in [6.45, 7) is -0.440. The standard InChI is InChI=1S/C7H14O6/c1-12-7-6(11)5(10)4(9)3(2-8)13-7/h3-11H,2H2,1H3/t3-,4-,5+,6-,7?/m1/s1/i7+1. The average Bonchev–Trinajstić information content (AvgIpc) is 2.15. The maximum absolute atomic E-state index is 9.28. The Morgan fingerprint density at radius 3 is 2.23 bits per heavy atom. The number of rotatable bonds is 2. The highest BCUT2D eigenvalue weighted by Crippen LogP contribution is 2.20. The molecular formula is C7H14O6. The molecular weight excluding hydrogens is 181 g/mol. The molecule has 0 amide bonds. The maximum atomic E-state index is 9.28. The number of hydrogen-bond donors (Lipinski definition) is 4. The Bertz CT molecular complexity index is 143. The zero-order valence-corrected chi connectivity index (χ0v) is 7.20. The van der Waals surface area contributed by atoms with Gasteiger partial charge >= 0.3 is 0 Å². The van der Waals surface area contributed by atoms with E-state index in [2.05, 4.69) is 0 Å². The Kier molecular flexibility index (Phi) is 3.60. The molecule has 0 radical (unpaired) electrons. The predicted molar refractivity (Wildman–Crippen MR) is 40.8 cm³/mol. The summed E-state index contributed by atoms with van der Waals surface area (Å²) < 4.78 is 9.65. The molecule has 0 aliphatic carbocycles. The zero-order chi connectivity index (χ0) is 10.0. The quantitative estimate of drug-likeness (QED) is 0.361. The van der Waals surface area contributed by atoms with E-state index in [0.717, 1.165) is 0 Å². The first-order valence-corrected chi connectivity index (χ1v) is 3.95. The molecule has 0 aromatic rings. The van der Waals surface area contributed by atoms with E-state index in [4.69, 9.17) is 14.6 Å². The summed E-state index contributed by atoms with van der Waals surface area (Å²) in [6.07, 6.45) is -5.91.